The Hall–Kier alpha value is -5.74. The van der Waals surface area contributed by atoms with E-state index in [-0.39, 0.29) is 17.9 Å². The van der Waals surface area contributed by atoms with Gasteiger partial charge in [-0.05, 0) is 66.1 Å². The van der Waals surface area contributed by atoms with Crippen molar-refractivity contribution in [3.63, 3.8) is 0 Å². The highest BCUT2D eigenvalue weighted by molar-refractivity contribution is 6.09. The van der Waals surface area contributed by atoms with E-state index >= 15 is 0 Å². The highest BCUT2D eigenvalue weighted by Gasteiger charge is 2.34. The molecule has 6 aromatic rings. The molecule has 238 valence electrons. The lowest BCUT2D eigenvalue weighted by Gasteiger charge is -2.38. The number of para-hydroxylation sites is 2. The topological polar surface area (TPSA) is 130 Å². The molecule has 3 N–H and O–H groups in total. The summed E-state index contributed by atoms with van der Waals surface area (Å²) in [5, 5.41) is 18.3. The van der Waals surface area contributed by atoms with E-state index in [1.807, 2.05) is 81.4 Å². The summed E-state index contributed by atoms with van der Waals surface area (Å²) in [4.78, 5) is 35.4. The van der Waals surface area contributed by atoms with E-state index in [2.05, 4.69) is 20.6 Å². The maximum Gasteiger partial charge on any atom is 0.412 e. The van der Waals surface area contributed by atoms with Gasteiger partial charge in [0.2, 0.25) is 0 Å². The number of benzene rings is 4. The summed E-state index contributed by atoms with van der Waals surface area (Å²) in [6.45, 7) is 6.12. The zero-order valence-electron chi connectivity index (χ0n) is 26.5. The largest absolute Gasteiger partial charge is 0.465 e. The van der Waals surface area contributed by atoms with Gasteiger partial charge in [0, 0.05) is 52.1 Å². The molecule has 1 atom stereocenters. The minimum Gasteiger partial charge on any atom is -0.465 e. The van der Waals surface area contributed by atoms with Crippen molar-refractivity contribution in [2.75, 3.05) is 29.3 Å². The summed E-state index contributed by atoms with van der Waals surface area (Å²) < 4.78 is 11.5. The van der Waals surface area contributed by atoms with Crippen LogP contribution in [0.1, 0.15) is 31.1 Å². The van der Waals surface area contributed by atoms with E-state index in [1.54, 1.807) is 43.5 Å². The van der Waals surface area contributed by atoms with Crippen LogP contribution in [-0.4, -0.2) is 46.8 Å². The Morgan fingerprint density at radius 3 is 2.30 bits per heavy atom. The lowest BCUT2D eigenvalue weighted by atomic mass is 9.86. The molecule has 2 heterocycles. The van der Waals surface area contributed by atoms with Gasteiger partial charge in [0.05, 0.1) is 18.3 Å². The van der Waals surface area contributed by atoms with Crippen LogP contribution in [0.15, 0.2) is 108 Å². The summed E-state index contributed by atoms with van der Waals surface area (Å²) in [5.41, 5.74) is 5.05. The Labute approximate surface area is 272 Å². The number of nitrogens with one attached hydrogen (secondary N) is 2. The number of ether oxygens (including phenoxy) is 1. The molecule has 1 unspecified atom stereocenters. The van der Waals surface area contributed by atoms with Crippen LogP contribution in [0.2, 0.25) is 0 Å². The van der Waals surface area contributed by atoms with Crippen molar-refractivity contribution < 1.29 is 23.8 Å². The minimum absolute atomic E-state index is 0.236. The molecule has 0 aliphatic rings. The van der Waals surface area contributed by atoms with Crippen LogP contribution < -0.4 is 15.5 Å². The molecule has 0 radical (unpaired) electrons. The Bertz CT molecular complexity index is 2050. The van der Waals surface area contributed by atoms with Crippen LogP contribution in [0, 0.1) is 5.41 Å². The molecule has 0 saturated heterocycles. The van der Waals surface area contributed by atoms with Crippen molar-refractivity contribution in [3.8, 4) is 11.3 Å². The van der Waals surface area contributed by atoms with Crippen molar-refractivity contribution >= 4 is 56.8 Å². The normalized spacial score (nSPS) is 12.2. The quantitative estimate of drug-likeness (QED) is 0.145. The third-order valence-corrected chi connectivity index (χ3v) is 8.01. The highest BCUT2D eigenvalue weighted by atomic mass is 16.5. The molecular weight excluding hydrogens is 594 g/mol. The number of nitrogens with zero attached hydrogens (tertiary/aromatic N) is 3. The Morgan fingerprint density at radius 1 is 0.894 bits per heavy atom. The van der Waals surface area contributed by atoms with Gasteiger partial charge in [0.1, 0.15) is 23.3 Å². The monoisotopic (exact) mass is 629 g/mol. The van der Waals surface area contributed by atoms with E-state index in [0.717, 1.165) is 38.9 Å². The van der Waals surface area contributed by atoms with E-state index in [4.69, 9.17) is 9.15 Å². The van der Waals surface area contributed by atoms with Crippen molar-refractivity contribution in [1.29, 1.82) is 0 Å². The highest BCUT2D eigenvalue weighted by Crippen LogP contribution is 2.35. The number of aromatic nitrogens is 2. The number of fused-ring (bicyclic) bond motifs is 3. The van der Waals surface area contributed by atoms with Crippen LogP contribution in [-0.2, 0) is 4.74 Å². The van der Waals surface area contributed by atoms with Crippen LogP contribution >= 0.6 is 0 Å². The molecule has 0 spiro atoms. The fourth-order valence-electron chi connectivity index (χ4n) is 5.58. The maximum absolute atomic E-state index is 13.0. The summed E-state index contributed by atoms with van der Waals surface area (Å²) in [5.74, 6) is 0.290. The molecule has 6 rings (SSSR count). The van der Waals surface area contributed by atoms with E-state index in [0.29, 0.717) is 22.8 Å². The van der Waals surface area contributed by atoms with Gasteiger partial charge in [-0.25, -0.2) is 14.8 Å². The number of carbonyl (C=O) groups excluding carboxylic acids is 1. The number of furan rings is 1. The first kappa shape index (κ1) is 31.3. The smallest absolute Gasteiger partial charge is 0.412 e. The number of hydrogen-bond acceptors (Lipinski definition) is 7. The van der Waals surface area contributed by atoms with Crippen LogP contribution in [0.25, 0.3) is 33.2 Å². The van der Waals surface area contributed by atoms with Crippen LogP contribution in [0.4, 0.5) is 27.7 Å². The van der Waals surface area contributed by atoms with Gasteiger partial charge in [-0.15, -0.1) is 0 Å². The van der Waals surface area contributed by atoms with Gasteiger partial charge in [-0.1, -0.05) is 51.1 Å². The average Bonchev–Trinajstić information content (AvgIpc) is 3.44. The maximum atomic E-state index is 13.0. The van der Waals surface area contributed by atoms with Crippen molar-refractivity contribution in [1.82, 2.24) is 9.97 Å². The molecule has 2 aromatic heterocycles. The summed E-state index contributed by atoms with van der Waals surface area (Å²) in [6, 6.07) is 29.2. The van der Waals surface area contributed by atoms with Gasteiger partial charge in [0.25, 0.3) is 5.91 Å². The molecule has 0 saturated carbocycles. The number of carbonyl (C=O) groups is 2. The first-order valence-electron chi connectivity index (χ1n) is 15.1. The fraction of sp³-hybridized carbons (Fsp3) is 0.189. The van der Waals surface area contributed by atoms with E-state index < -0.39 is 12.1 Å². The number of rotatable bonds is 9. The second kappa shape index (κ2) is 12.9. The van der Waals surface area contributed by atoms with Gasteiger partial charge in [-0.2, -0.15) is 0 Å². The predicted octanol–water partition coefficient (Wildman–Crippen LogP) is 8.58. The number of hydrogen-bond donors (Lipinski definition) is 3. The SMILES string of the molecule is COCC(N(C(=O)O)c1ccc(C(=O)Nc2ccc(Nc3cc(-c4cccc5c4oc4ccccc45)ncn3)cc2)cc1)C(C)(C)C. The molecule has 4 aromatic carbocycles. The van der Waals surface area contributed by atoms with Gasteiger partial charge < -0.3 is 24.9 Å². The van der Waals surface area contributed by atoms with Crippen molar-refractivity contribution in [3.05, 3.63) is 109 Å². The first-order valence-corrected chi connectivity index (χ1v) is 15.1. The van der Waals surface area contributed by atoms with Crippen molar-refractivity contribution in [2.45, 2.75) is 26.8 Å². The number of carboxylic acid groups (broad SMARTS) is 1. The molecule has 47 heavy (non-hydrogen) atoms. The third-order valence-electron chi connectivity index (χ3n) is 8.01. The molecule has 0 aliphatic carbocycles. The first-order chi connectivity index (χ1) is 22.6. The second-order valence-electron chi connectivity index (χ2n) is 12.3. The minimum atomic E-state index is -1.09. The van der Waals surface area contributed by atoms with Gasteiger partial charge in [-0.3, -0.25) is 9.69 Å². The summed E-state index contributed by atoms with van der Waals surface area (Å²) in [6.07, 6.45) is 0.421. The lowest BCUT2D eigenvalue weighted by Crippen LogP contribution is -2.49. The number of methoxy groups -OCH3 is 1. The van der Waals surface area contributed by atoms with Gasteiger partial charge in [0.15, 0.2) is 0 Å². The standard InChI is InChI=1S/C37H35N5O5/c1-37(2,3)32(21-46-4)42(36(44)45)26-18-12-23(13-19-26)35(43)41-25-16-14-24(15-17-25)40-33-20-30(38-22-39-33)29-10-7-9-28-27-8-5-6-11-31(27)47-34(28)29/h5-20,22,32H,21H2,1-4H3,(H,41,43)(H,44,45)(H,38,39,40). The third kappa shape index (κ3) is 6.63. The number of amides is 2. The van der Waals surface area contributed by atoms with Crippen LogP contribution in [0.5, 0.6) is 0 Å². The van der Waals surface area contributed by atoms with E-state index in [9.17, 15) is 14.7 Å². The zero-order chi connectivity index (χ0) is 33.1. The second-order valence-corrected chi connectivity index (χ2v) is 12.3. The van der Waals surface area contributed by atoms with E-state index in [1.165, 1.54) is 11.2 Å². The Morgan fingerprint density at radius 2 is 1.60 bits per heavy atom. The van der Waals surface area contributed by atoms with Gasteiger partial charge >= 0.3 is 6.09 Å². The molecule has 10 nitrogen and oxygen atoms in total. The predicted molar refractivity (Wildman–Crippen MR) is 184 cm³/mol. The number of anilines is 4. The summed E-state index contributed by atoms with van der Waals surface area (Å²) in [7, 11) is 1.55. The zero-order valence-corrected chi connectivity index (χ0v) is 26.5. The Balaban J connectivity index is 1.14. The average molecular weight is 630 g/mol. The van der Waals surface area contributed by atoms with Crippen LogP contribution in [0.3, 0.4) is 0 Å². The summed E-state index contributed by atoms with van der Waals surface area (Å²) >= 11 is 0. The molecule has 2 amide bonds. The fourth-order valence-corrected chi connectivity index (χ4v) is 5.58. The molecule has 0 aliphatic heterocycles. The Kier molecular flexibility index (Phi) is 8.60. The molecule has 0 bridgehead atoms. The lowest BCUT2D eigenvalue weighted by molar-refractivity contribution is 0.102. The molecular formula is C37H35N5O5. The molecule has 0 fully saturated rings. The molecule has 10 heteroatoms. The van der Waals surface area contributed by atoms with Crippen molar-refractivity contribution in [2.24, 2.45) is 5.41 Å².